The fraction of sp³-hybridized carbons (Fsp3) is 0.333. The second-order valence-corrected chi connectivity index (χ2v) is 6.76. The quantitative estimate of drug-likeness (QED) is 0.744. The molecule has 2 unspecified atom stereocenters. The monoisotopic (exact) mass is 396 g/mol. The van der Waals surface area contributed by atoms with Crippen LogP contribution in [0.25, 0.3) is 0 Å². The van der Waals surface area contributed by atoms with Gasteiger partial charge in [0.2, 0.25) is 5.88 Å². The van der Waals surface area contributed by atoms with Gasteiger partial charge in [-0.15, -0.1) is 0 Å². The van der Waals surface area contributed by atoms with Gasteiger partial charge in [-0.1, -0.05) is 23.2 Å². The molecule has 1 aromatic heterocycles. The summed E-state index contributed by atoms with van der Waals surface area (Å²) in [5, 5.41) is 2.11. The summed E-state index contributed by atoms with van der Waals surface area (Å²) in [5.74, 6) is 1.13. The van der Waals surface area contributed by atoms with Crippen molar-refractivity contribution >= 4 is 29.1 Å². The maximum atomic E-state index is 12.3. The maximum absolute atomic E-state index is 12.3. The number of aromatic nitrogens is 1. The molecule has 1 fully saturated rings. The van der Waals surface area contributed by atoms with Crippen LogP contribution in [0.5, 0.6) is 17.4 Å². The van der Waals surface area contributed by atoms with E-state index in [1.165, 1.54) is 11.3 Å². The Labute approximate surface area is 161 Å². The van der Waals surface area contributed by atoms with Crippen molar-refractivity contribution in [1.82, 2.24) is 10.0 Å². The number of benzene rings is 1. The van der Waals surface area contributed by atoms with Gasteiger partial charge in [0.15, 0.2) is 6.10 Å². The number of halogens is 2. The third-order valence-electron chi connectivity index (χ3n) is 3.76. The van der Waals surface area contributed by atoms with Gasteiger partial charge >= 0.3 is 0 Å². The lowest BCUT2D eigenvalue weighted by Gasteiger charge is -2.20. The van der Waals surface area contributed by atoms with Gasteiger partial charge in [0.1, 0.15) is 16.5 Å². The molecule has 1 aliphatic rings. The van der Waals surface area contributed by atoms with Crippen LogP contribution in [-0.4, -0.2) is 34.7 Å². The van der Waals surface area contributed by atoms with Gasteiger partial charge < -0.3 is 9.47 Å². The molecule has 1 aromatic carbocycles. The van der Waals surface area contributed by atoms with Crippen molar-refractivity contribution in [3.8, 4) is 17.4 Å². The number of hydrogen-bond acceptors (Lipinski definition) is 5. The van der Waals surface area contributed by atoms with E-state index in [4.69, 9.17) is 37.5 Å². The topological polar surface area (TPSA) is 60.9 Å². The van der Waals surface area contributed by atoms with Crippen molar-refractivity contribution in [3.05, 3.63) is 46.6 Å². The lowest BCUT2D eigenvalue weighted by molar-refractivity contribution is -0.184. The fourth-order valence-electron chi connectivity index (χ4n) is 2.42. The standard InChI is InChI=1S/C18H18Cl2N2O4/c1-11-7-8-22(26-11)18(23)12(2)24-14-3-5-15(6-4-14)25-17-16(20)9-13(19)10-21-17/h3-6,9-12H,7-8H2,1-2H3. The van der Waals surface area contributed by atoms with E-state index in [-0.39, 0.29) is 17.9 Å². The van der Waals surface area contributed by atoms with Crippen LogP contribution in [-0.2, 0) is 9.63 Å². The van der Waals surface area contributed by atoms with E-state index in [1.807, 2.05) is 6.92 Å². The Hall–Kier alpha value is -2.02. The Morgan fingerprint density at radius 3 is 2.62 bits per heavy atom. The minimum absolute atomic E-state index is 0.0517. The zero-order valence-electron chi connectivity index (χ0n) is 14.3. The Morgan fingerprint density at radius 2 is 2.00 bits per heavy atom. The fourth-order valence-corrected chi connectivity index (χ4v) is 2.83. The van der Waals surface area contributed by atoms with Gasteiger partial charge in [-0.25, -0.2) is 10.0 Å². The molecule has 8 heteroatoms. The molecule has 0 bridgehead atoms. The van der Waals surface area contributed by atoms with E-state index in [0.29, 0.717) is 28.1 Å². The van der Waals surface area contributed by atoms with Crippen LogP contribution in [0.1, 0.15) is 20.3 Å². The lowest BCUT2D eigenvalue weighted by Crippen LogP contribution is -2.38. The zero-order valence-corrected chi connectivity index (χ0v) is 15.8. The normalized spacial score (nSPS) is 17.8. The average molecular weight is 397 g/mol. The number of hydroxylamine groups is 2. The van der Waals surface area contributed by atoms with Crippen LogP contribution < -0.4 is 9.47 Å². The van der Waals surface area contributed by atoms with Gasteiger partial charge in [0.05, 0.1) is 17.7 Å². The summed E-state index contributed by atoms with van der Waals surface area (Å²) in [5.41, 5.74) is 0. The highest BCUT2D eigenvalue weighted by molar-refractivity contribution is 6.35. The molecular formula is C18H18Cl2N2O4. The number of carbonyl (C=O) groups excluding carboxylic acids is 1. The van der Waals surface area contributed by atoms with Gasteiger partial charge in [-0.2, -0.15) is 0 Å². The van der Waals surface area contributed by atoms with Gasteiger partial charge in [0, 0.05) is 6.20 Å². The molecule has 138 valence electrons. The zero-order chi connectivity index (χ0) is 18.7. The van der Waals surface area contributed by atoms with Gasteiger partial charge in [-0.05, 0) is 50.6 Å². The Bertz CT molecular complexity index is 785. The molecule has 0 saturated carbocycles. The minimum Gasteiger partial charge on any atom is -0.481 e. The van der Waals surface area contributed by atoms with Crippen molar-refractivity contribution < 1.29 is 19.1 Å². The third kappa shape index (κ3) is 4.58. The van der Waals surface area contributed by atoms with Crippen LogP contribution in [0, 0.1) is 0 Å². The molecule has 0 N–H and O–H groups in total. The van der Waals surface area contributed by atoms with E-state index in [1.54, 1.807) is 37.3 Å². The van der Waals surface area contributed by atoms with Gasteiger partial charge in [-0.3, -0.25) is 9.63 Å². The van der Waals surface area contributed by atoms with E-state index >= 15 is 0 Å². The molecule has 26 heavy (non-hydrogen) atoms. The van der Waals surface area contributed by atoms with Crippen molar-refractivity contribution in [2.45, 2.75) is 32.5 Å². The molecule has 1 saturated heterocycles. The number of nitrogens with zero attached hydrogens (tertiary/aromatic N) is 2. The maximum Gasteiger partial charge on any atom is 0.286 e. The van der Waals surface area contributed by atoms with Crippen molar-refractivity contribution in [3.63, 3.8) is 0 Å². The number of pyridine rings is 1. The first kappa shape index (κ1) is 18.8. The number of ether oxygens (including phenoxy) is 2. The predicted molar refractivity (Wildman–Crippen MR) is 97.7 cm³/mol. The summed E-state index contributed by atoms with van der Waals surface area (Å²) in [4.78, 5) is 21.8. The summed E-state index contributed by atoms with van der Waals surface area (Å²) in [6, 6.07) is 8.37. The highest BCUT2D eigenvalue weighted by Gasteiger charge is 2.29. The van der Waals surface area contributed by atoms with Crippen molar-refractivity contribution in [2.24, 2.45) is 0 Å². The van der Waals surface area contributed by atoms with E-state index in [2.05, 4.69) is 4.98 Å². The highest BCUT2D eigenvalue weighted by Crippen LogP contribution is 2.30. The van der Waals surface area contributed by atoms with Crippen LogP contribution in [0.3, 0.4) is 0 Å². The van der Waals surface area contributed by atoms with Crippen molar-refractivity contribution in [1.29, 1.82) is 0 Å². The number of carbonyl (C=O) groups is 1. The number of hydrogen-bond donors (Lipinski definition) is 0. The summed E-state index contributed by atoms with van der Waals surface area (Å²) < 4.78 is 11.3. The Morgan fingerprint density at radius 1 is 1.31 bits per heavy atom. The highest BCUT2D eigenvalue weighted by atomic mass is 35.5. The molecule has 2 atom stereocenters. The molecule has 0 spiro atoms. The molecule has 2 heterocycles. The molecule has 1 amide bonds. The minimum atomic E-state index is -0.653. The largest absolute Gasteiger partial charge is 0.481 e. The van der Waals surface area contributed by atoms with Gasteiger partial charge in [0.25, 0.3) is 5.91 Å². The van der Waals surface area contributed by atoms with E-state index in [0.717, 1.165) is 6.42 Å². The molecule has 1 aliphatic heterocycles. The predicted octanol–water partition coefficient (Wildman–Crippen LogP) is 4.50. The van der Waals surface area contributed by atoms with Crippen LogP contribution in [0.15, 0.2) is 36.5 Å². The smallest absolute Gasteiger partial charge is 0.286 e. The first-order valence-corrected chi connectivity index (χ1v) is 8.92. The Kier molecular flexibility index (Phi) is 5.86. The molecule has 3 rings (SSSR count). The SMILES string of the molecule is CC1CCN(C(=O)C(C)Oc2ccc(Oc3ncc(Cl)cc3Cl)cc2)O1. The molecule has 0 radical (unpaired) electrons. The first-order chi connectivity index (χ1) is 12.4. The lowest BCUT2D eigenvalue weighted by atomic mass is 10.3. The second-order valence-electron chi connectivity index (χ2n) is 5.92. The summed E-state index contributed by atoms with van der Waals surface area (Å²) >= 11 is 11.8. The summed E-state index contributed by atoms with van der Waals surface area (Å²) in [6.45, 7) is 4.20. The third-order valence-corrected chi connectivity index (χ3v) is 4.24. The molecular weight excluding hydrogens is 379 g/mol. The van der Waals surface area contributed by atoms with Crippen LogP contribution >= 0.6 is 23.2 Å². The van der Waals surface area contributed by atoms with E-state index < -0.39 is 6.10 Å². The average Bonchev–Trinajstić information content (AvgIpc) is 3.04. The number of rotatable bonds is 5. The van der Waals surface area contributed by atoms with Crippen molar-refractivity contribution in [2.75, 3.05) is 6.54 Å². The molecule has 2 aromatic rings. The number of amides is 1. The summed E-state index contributed by atoms with van der Waals surface area (Å²) in [6.07, 6.45) is 1.68. The van der Waals surface area contributed by atoms with Crippen LogP contribution in [0.2, 0.25) is 10.0 Å². The van der Waals surface area contributed by atoms with E-state index in [9.17, 15) is 4.79 Å². The molecule has 6 nitrogen and oxygen atoms in total. The summed E-state index contributed by atoms with van der Waals surface area (Å²) in [7, 11) is 0. The molecule has 0 aliphatic carbocycles. The Balaban J connectivity index is 1.59. The second kappa shape index (κ2) is 8.12. The first-order valence-electron chi connectivity index (χ1n) is 8.16. The van der Waals surface area contributed by atoms with Crippen LogP contribution in [0.4, 0.5) is 0 Å².